The zero-order chi connectivity index (χ0) is 16.7. The molecule has 0 N–H and O–H groups in total. The Morgan fingerprint density at radius 3 is 2.30 bits per heavy atom. The van der Waals surface area contributed by atoms with Crippen LogP contribution in [-0.4, -0.2) is 41.4 Å². The lowest BCUT2D eigenvalue weighted by Crippen LogP contribution is -2.60. The second-order valence-corrected chi connectivity index (χ2v) is 10.0. The summed E-state index contributed by atoms with van der Waals surface area (Å²) in [6, 6.07) is 0.358. The van der Waals surface area contributed by atoms with E-state index in [1.165, 1.54) is 19.3 Å². The summed E-state index contributed by atoms with van der Waals surface area (Å²) in [5.74, 6) is 1.94. The van der Waals surface area contributed by atoms with Gasteiger partial charge in [-0.2, -0.15) is 0 Å². The fourth-order valence-electron chi connectivity index (χ4n) is 6.07. The molecule has 0 saturated heterocycles. The highest BCUT2D eigenvalue weighted by atomic mass is 79.9. The number of carbonyl (C=O) groups is 1. The van der Waals surface area contributed by atoms with Gasteiger partial charge < -0.3 is 9.64 Å². The van der Waals surface area contributed by atoms with Crippen LogP contribution in [0.15, 0.2) is 0 Å². The highest BCUT2D eigenvalue weighted by molar-refractivity contribution is 9.10. The largest absolute Gasteiger partial charge is 0.383 e. The van der Waals surface area contributed by atoms with E-state index in [1.54, 1.807) is 7.11 Å². The smallest absolute Gasteiger partial charge is 0.229 e. The maximum atomic E-state index is 13.7. The van der Waals surface area contributed by atoms with Crippen molar-refractivity contribution in [1.29, 1.82) is 0 Å². The summed E-state index contributed by atoms with van der Waals surface area (Å²) in [5, 5.41) is 0. The molecule has 0 aromatic rings. The lowest BCUT2D eigenvalue weighted by Gasteiger charge is -2.60. The Bertz CT molecular complexity index is 435. The average Bonchev–Trinajstić information content (AvgIpc) is 2.48. The SMILES string of the molecule is CCC(CC)N(CCOC)C(=O)C12CC3CC(CC(Br)(C3)C1)C2. The number of carbonyl (C=O) groups excluding carboxylic acids is 1. The number of nitrogens with zero attached hydrogens (tertiary/aromatic N) is 1. The molecule has 0 aromatic carbocycles. The first-order valence-electron chi connectivity index (χ1n) is 9.44. The van der Waals surface area contributed by atoms with Crippen molar-refractivity contribution in [2.24, 2.45) is 17.3 Å². The Hall–Kier alpha value is -0.0900. The minimum absolute atomic E-state index is 0.0933. The molecule has 0 aliphatic heterocycles. The van der Waals surface area contributed by atoms with Crippen molar-refractivity contribution in [3.8, 4) is 0 Å². The molecule has 0 aromatic heterocycles. The van der Waals surface area contributed by atoms with E-state index in [0.29, 0.717) is 18.6 Å². The maximum absolute atomic E-state index is 13.7. The van der Waals surface area contributed by atoms with E-state index in [9.17, 15) is 4.79 Å². The molecule has 1 amide bonds. The molecule has 4 heteroatoms. The minimum Gasteiger partial charge on any atom is -0.383 e. The van der Waals surface area contributed by atoms with Gasteiger partial charge in [0.25, 0.3) is 0 Å². The molecule has 132 valence electrons. The van der Waals surface area contributed by atoms with Gasteiger partial charge in [-0.3, -0.25) is 4.79 Å². The van der Waals surface area contributed by atoms with E-state index < -0.39 is 0 Å². The maximum Gasteiger partial charge on any atom is 0.229 e. The molecule has 4 rings (SSSR count). The van der Waals surface area contributed by atoms with Crippen LogP contribution in [-0.2, 0) is 9.53 Å². The van der Waals surface area contributed by atoms with Crippen LogP contribution in [0.3, 0.4) is 0 Å². The molecule has 4 fully saturated rings. The van der Waals surface area contributed by atoms with Crippen molar-refractivity contribution in [2.45, 2.75) is 75.6 Å². The summed E-state index contributed by atoms with van der Waals surface area (Å²) in [6.07, 6.45) is 9.28. The van der Waals surface area contributed by atoms with Gasteiger partial charge in [-0.15, -0.1) is 0 Å². The molecule has 4 saturated carbocycles. The van der Waals surface area contributed by atoms with E-state index in [-0.39, 0.29) is 9.74 Å². The Morgan fingerprint density at radius 2 is 1.83 bits per heavy atom. The molecule has 0 radical (unpaired) electrons. The number of rotatable bonds is 7. The Kier molecular flexibility index (Phi) is 5.14. The number of methoxy groups -OCH3 is 1. The quantitative estimate of drug-likeness (QED) is 0.608. The Balaban J connectivity index is 1.84. The normalized spacial score (nSPS) is 38.3. The third-order valence-electron chi connectivity index (χ3n) is 6.62. The van der Waals surface area contributed by atoms with E-state index in [4.69, 9.17) is 4.74 Å². The Labute approximate surface area is 149 Å². The predicted molar refractivity (Wildman–Crippen MR) is 96.7 cm³/mol. The number of amides is 1. The molecule has 4 aliphatic rings. The van der Waals surface area contributed by atoms with Crippen LogP contribution in [0.5, 0.6) is 0 Å². The summed E-state index contributed by atoms with van der Waals surface area (Å²) in [4.78, 5) is 15.8. The molecular formula is C19H32BrNO2. The molecule has 4 bridgehead atoms. The number of hydrogen-bond acceptors (Lipinski definition) is 2. The van der Waals surface area contributed by atoms with Crippen molar-refractivity contribution in [1.82, 2.24) is 4.90 Å². The standard InChI is InChI=1S/C19H32BrNO2/c1-4-16(5-2)21(6-7-23-3)17(22)18-9-14-8-15(10-18)12-19(20,11-14)13-18/h14-16H,4-13H2,1-3H3. The van der Waals surface area contributed by atoms with E-state index in [2.05, 4.69) is 34.7 Å². The summed E-state index contributed by atoms with van der Waals surface area (Å²) in [5.41, 5.74) is -0.0933. The Morgan fingerprint density at radius 1 is 1.22 bits per heavy atom. The molecular weight excluding hydrogens is 354 g/mol. The van der Waals surface area contributed by atoms with Crippen molar-refractivity contribution >= 4 is 21.8 Å². The lowest BCUT2D eigenvalue weighted by atomic mass is 9.49. The highest BCUT2D eigenvalue weighted by Gasteiger charge is 2.60. The highest BCUT2D eigenvalue weighted by Crippen LogP contribution is 2.64. The summed E-state index contributed by atoms with van der Waals surface area (Å²) in [7, 11) is 1.73. The van der Waals surface area contributed by atoms with Gasteiger partial charge in [0.1, 0.15) is 0 Å². The third-order valence-corrected chi connectivity index (χ3v) is 7.55. The fourth-order valence-corrected chi connectivity index (χ4v) is 7.53. The number of ether oxygens (including phenoxy) is 1. The van der Waals surface area contributed by atoms with Gasteiger partial charge in [-0.25, -0.2) is 0 Å². The van der Waals surface area contributed by atoms with Gasteiger partial charge in [0.15, 0.2) is 0 Å². The van der Waals surface area contributed by atoms with Crippen LogP contribution >= 0.6 is 15.9 Å². The summed E-state index contributed by atoms with van der Waals surface area (Å²) >= 11 is 4.04. The lowest BCUT2D eigenvalue weighted by molar-refractivity contribution is -0.159. The van der Waals surface area contributed by atoms with Gasteiger partial charge in [0.05, 0.1) is 12.0 Å². The van der Waals surface area contributed by atoms with Crippen LogP contribution in [0.1, 0.15) is 65.2 Å². The van der Waals surface area contributed by atoms with Crippen molar-refractivity contribution in [3.05, 3.63) is 0 Å². The second kappa shape index (κ2) is 6.67. The third kappa shape index (κ3) is 3.22. The van der Waals surface area contributed by atoms with Crippen LogP contribution in [0.4, 0.5) is 0 Å². The van der Waals surface area contributed by atoms with Crippen molar-refractivity contribution in [3.63, 3.8) is 0 Å². The molecule has 23 heavy (non-hydrogen) atoms. The molecule has 4 aliphatic carbocycles. The van der Waals surface area contributed by atoms with Gasteiger partial charge in [0.2, 0.25) is 5.91 Å². The number of halogens is 1. The molecule has 0 spiro atoms. The number of hydrogen-bond donors (Lipinski definition) is 0. The minimum atomic E-state index is -0.0933. The second-order valence-electron chi connectivity index (χ2n) is 8.35. The number of alkyl halides is 1. The van der Waals surface area contributed by atoms with Crippen LogP contribution in [0.2, 0.25) is 0 Å². The van der Waals surface area contributed by atoms with E-state index >= 15 is 0 Å². The monoisotopic (exact) mass is 385 g/mol. The zero-order valence-electron chi connectivity index (χ0n) is 14.9. The van der Waals surface area contributed by atoms with Crippen LogP contribution in [0.25, 0.3) is 0 Å². The topological polar surface area (TPSA) is 29.5 Å². The van der Waals surface area contributed by atoms with Gasteiger partial charge in [0, 0.05) is 24.0 Å². The van der Waals surface area contributed by atoms with Crippen LogP contribution < -0.4 is 0 Å². The fraction of sp³-hybridized carbons (Fsp3) is 0.947. The molecule has 3 nitrogen and oxygen atoms in total. The van der Waals surface area contributed by atoms with Crippen molar-refractivity contribution in [2.75, 3.05) is 20.3 Å². The molecule has 2 unspecified atom stereocenters. The molecule has 2 atom stereocenters. The zero-order valence-corrected chi connectivity index (χ0v) is 16.5. The predicted octanol–water partition coefficient (Wildman–Crippen LogP) is 4.38. The first-order valence-corrected chi connectivity index (χ1v) is 10.2. The van der Waals surface area contributed by atoms with E-state index in [0.717, 1.165) is 50.5 Å². The van der Waals surface area contributed by atoms with Gasteiger partial charge >= 0.3 is 0 Å². The molecule has 0 heterocycles. The van der Waals surface area contributed by atoms with Gasteiger partial charge in [-0.1, -0.05) is 29.8 Å². The van der Waals surface area contributed by atoms with Crippen molar-refractivity contribution < 1.29 is 9.53 Å². The van der Waals surface area contributed by atoms with Crippen LogP contribution in [0, 0.1) is 17.3 Å². The van der Waals surface area contributed by atoms with E-state index in [1.807, 2.05) is 0 Å². The first kappa shape index (κ1) is 17.7. The van der Waals surface area contributed by atoms with Gasteiger partial charge in [-0.05, 0) is 63.2 Å². The average molecular weight is 386 g/mol. The summed E-state index contributed by atoms with van der Waals surface area (Å²) < 4.78 is 5.54. The first-order chi connectivity index (χ1) is 10.9. The summed E-state index contributed by atoms with van der Waals surface area (Å²) in [6.45, 7) is 5.79.